The molecule has 2 heterocycles. The SMILES string of the molecule is Cc1ccc(Oc2nc(C)ccc2OC[C@H]2CCCNC2)cc1.O=C(O)/C=C/C(=O)O. The second-order valence-electron chi connectivity index (χ2n) is 7.20. The minimum Gasteiger partial charge on any atom is -0.488 e. The number of carbonyl (C=O) groups is 2. The first-order valence-corrected chi connectivity index (χ1v) is 10.0. The second kappa shape index (κ2) is 12.3. The Balaban J connectivity index is 0.000000366. The van der Waals surface area contributed by atoms with E-state index in [1.807, 2.05) is 43.3 Å². The van der Waals surface area contributed by atoms with Gasteiger partial charge in [-0.1, -0.05) is 17.7 Å². The number of nitrogens with zero attached hydrogens (tertiary/aromatic N) is 1. The van der Waals surface area contributed by atoms with Gasteiger partial charge in [0.2, 0.25) is 0 Å². The molecule has 8 heteroatoms. The third-order valence-corrected chi connectivity index (χ3v) is 4.44. The number of nitrogens with one attached hydrogen (secondary N) is 1. The van der Waals surface area contributed by atoms with Crippen LogP contribution in [-0.2, 0) is 9.59 Å². The molecular formula is C23H28N2O6. The first-order valence-electron chi connectivity index (χ1n) is 10.0. The Labute approximate surface area is 181 Å². The zero-order chi connectivity index (χ0) is 22.6. The summed E-state index contributed by atoms with van der Waals surface area (Å²) in [6.07, 6.45) is 3.54. The number of carboxylic acid groups (broad SMARTS) is 2. The van der Waals surface area contributed by atoms with Gasteiger partial charge >= 0.3 is 11.9 Å². The lowest BCUT2D eigenvalue weighted by Crippen LogP contribution is -2.33. The molecule has 1 aromatic heterocycles. The summed E-state index contributed by atoms with van der Waals surface area (Å²) in [5.74, 6) is 0.0642. The zero-order valence-electron chi connectivity index (χ0n) is 17.7. The summed E-state index contributed by atoms with van der Waals surface area (Å²) in [6, 6.07) is 11.9. The van der Waals surface area contributed by atoms with Crippen LogP contribution in [0.1, 0.15) is 24.1 Å². The average molecular weight is 428 g/mol. The smallest absolute Gasteiger partial charge is 0.328 e. The Hall–Kier alpha value is -3.39. The predicted octanol–water partition coefficient (Wildman–Crippen LogP) is 3.58. The van der Waals surface area contributed by atoms with Crippen LogP contribution in [-0.4, -0.2) is 46.8 Å². The molecule has 1 aliphatic heterocycles. The van der Waals surface area contributed by atoms with E-state index in [0.29, 0.717) is 36.3 Å². The Morgan fingerprint density at radius 3 is 2.35 bits per heavy atom. The number of aryl methyl sites for hydroxylation is 2. The van der Waals surface area contributed by atoms with Crippen molar-refractivity contribution in [3.05, 3.63) is 59.8 Å². The van der Waals surface area contributed by atoms with Gasteiger partial charge in [0.05, 0.1) is 6.61 Å². The molecule has 0 saturated carbocycles. The van der Waals surface area contributed by atoms with Crippen molar-refractivity contribution >= 4 is 11.9 Å². The number of aromatic nitrogens is 1. The lowest BCUT2D eigenvalue weighted by Gasteiger charge is -2.23. The van der Waals surface area contributed by atoms with E-state index in [9.17, 15) is 9.59 Å². The van der Waals surface area contributed by atoms with Crippen molar-refractivity contribution in [1.82, 2.24) is 10.3 Å². The summed E-state index contributed by atoms with van der Waals surface area (Å²) in [5, 5.41) is 19.0. The van der Waals surface area contributed by atoms with Crippen molar-refractivity contribution in [2.45, 2.75) is 26.7 Å². The summed E-state index contributed by atoms with van der Waals surface area (Å²) in [6.45, 7) is 6.85. The van der Waals surface area contributed by atoms with Crippen LogP contribution >= 0.6 is 0 Å². The second-order valence-corrected chi connectivity index (χ2v) is 7.20. The number of hydrogen-bond acceptors (Lipinski definition) is 6. The zero-order valence-corrected chi connectivity index (χ0v) is 17.7. The molecule has 3 rings (SSSR count). The highest BCUT2D eigenvalue weighted by Gasteiger charge is 2.16. The molecule has 0 aliphatic carbocycles. The topological polar surface area (TPSA) is 118 Å². The fourth-order valence-corrected chi connectivity index (χ4v) is 2.84. The van der Waals surface area contributed by atoms with Gasteiger partial charge in [0.25, 0.3) is 5.88 Å². The highest BCUT2D eigenvalue weighted by molar-refractivity contribution is 5.89. The highest BCUT2D eigenvalue weighted by Crippen LogP contribution is 2.30. The van der Waals surface area contributed by atoms with Crippen LogP contribution in [0.3, 0.4) is 0 Å². The molecule has 3 N–H and O–H groups in total. The lowest BCUT2D eigenvalue weighted by atomic mass is 10.0. The highest BCUT2D eigenvalue weighted by atomic mass is 16.5. The number of rotatable bonds is 7. The molecule has 31 heavy (non-hydrogen) atoms. The van der Waals surface area contributed by atoms with Crippen LogP contribution in [0.4, 0.5) is 0 Å². The maximum absolute atomic E-state index is 9.55. The van der Waals surface area contributed by atoms with Gasteiger partial charge in [-0.15, -0.1) is 0 Å². The molecule has 8 nitrogen and oxygen atoms in total. The monoisotopic (exact) mass is 428 g/mol. The Morgan fingerprint density at radius 1 is 1.10 bits per heavy atom. The number of piperidine rings is 1. The van der Waals surface area contributed by atoms with Crippen LogP contribution in [0.15, 0.2) is 48.6 Å². The first kappa shape index (κ1) is 23.9. The molecule has 0 unspecified atom stereocenters. The number of pyridine rings is 1. The molecule has 0 spiro atoms. The third-order valence-electron chi connectivity index (χ3n) is 4.44. The minimum atomic E-state index is -1.26. The van der Waals surface area contributed by atoms with E-state index in [-0.39, 0.29) is 0 Å². The van der Waals surface area contributed by atoms with Crippen LogP contribution < -0.4 is 14.8 Å². The summed E-state index contributed by atoms with van der Waals surface area (Å²) >= 11 is 0. The van der Waals surface area contributed by atoms with Crippen LogP contribution in [0.2, 0.25) is 0 Å². The van der Waals surface area contributed by atoms with Crippen molar-refractivity contribution in [2.24, 2.45) is 5.92 Å². The Kier molecular flexibility index (Phi) is 9.51. The molecule has 1 fully saturated rings. The first-order chi connectivity index (χ1) is 14.8. The number of hydrogen-bond donors (Lipinski definition) is 3. The molecule has 0 amide bonds. The maximum Gasteiger partial charge on any atom is 0.328 e. The molecule has 2 aromatic rings. The predicted molar refractivity (Wildman–Crippen MR) is 116 cm³/mol. The van der Waals surface area contributed by atoms with Crippen molar-refractivity contribution in [3.8, 4) is 17.4 Å². The van der Waals surface area contributed by atoms with E-state index in [4.69, 9.17) is 19.7 Å². The van der Waals surface area contributed by atoms with Gasteiger partial charge < -0.3 is 25.0 Å². The molecule has 0 radical (unpaired) electrons. The van der Waals surface area contributed by atoms with Crippen molar-refractivity contribution in [2.75, 3.05) is 19.7 Å². The molecule has 1 saturated heterocycles. The van der Waals surface area contributed by atoms with Gasteiger partial charge in [-0.05, 0) is 57.5 Å². The van der Waals surface area contributed by atoms with Crippen molar-refractivity contribution < 1.29 is 29.3 Å². The molecule has 166 valence electrons. The van der Waals surface area contributed by atoms with Gasteiger partial charge in [0.1, 0.15) is 5.75 Å². The normalized spacial score (nSPS) is 15.6. The van der Waals surface area contributed by atoms with Crippen molar-refractivity contribution in [3.63, 3.8) is 0 Å². The van der Waals surface area contributed by atoms with E-state index in [2.05, 4.69) is 17.2 Å². The van der Waals surface area contributed by atoms with E-state index in [1.54, 1.807) is 0 Å². The van der Waals surface area contributed by atoms with E-state index >= 15 is 0 Å². The molecule has 1 aliphatic rings. The fourth-order valence-electron chi connectivity index (χ4n) is 2.84. The van der Waals surface area contributed by atoms with Gasteiger partial charge in [0, 0.05) is 30.3 Å². The standard InChI is InChI=1S/C19H24N2O2.C4H4O4/c1-14-5-8-17(9-6-14)23-19-18(10-7-15(2)21-19)22-13-16-4-3-11-20-12-16;5-3(6)1-2-4(7)8/h5-10,16,20H,3-4,11-13H2,1-2H3;1-2H,(H,5,6)(H,7,8)/b;2-1+/t16-;/m0./s1. The van der Waals surface area contributed by atoms with Crippen molar-refractivity contribution in [1.29, 1.82) is 0 Å². The van der Waals surface area contributed by atoms with E-state index in [0.717, 1.165) is 24.5 Å². The van der Waals surface area contributed by atoms with Gasteiger partial charge in [-0.25, -0.2) is 14.6 Å². The number of ether oxygens (including phenoxy) is 2. The van der Waals surface area contributed by atoms with Gasteiger partial charge in [-0.3, -0.25) is 0 Å². The molecular weight excluding hydrogens is 400 g/mol. The summed E-state index contributed by atoms with van der Waals surface area (Å²) < 4.78 is 11.9. The Morgan fingerprint density at radius 2 is 1.77 bits per heavy atom. The van der Waals surface area contributed by atoms with Gasteiger partial charge in [0.15, 0.2) is 5.75 Å². The summed E-state index contributed by atoms with van der Waals surface area (Å²) in [7, 11) is 0. The number of aliphatic carboxylic acids is 2. The van der Waals surface area contributed by atoms with Gasteiger partial charge in [-0.2, -0.15) is 0 Å². The van der Waals surface area contributed by atoms with E-state index < -0.39 is 11.9 Å². The largest absolute Gasteiger partial charge is 0.488 e. The quantitative estimate of drug-likeness (QED) is 0.573. The third kappa shape index (κ3) is 9.31. The minimum absolute atomic E-state index is 0.539. The average Bonchev–Trinajstić information content (AvgIpc) is 2.74. The number of benzene rings is 1. The molecule has 0 bridgehead atoms. The molecule has 1 aromatic carbocycles. The van der Waals surface area contributed by atoms with E-state index in [1.165, 1.54) is 18.4 Å². The molecule has 1 atom stereocenters. The Bertz CT molecular complexity index is 873. The maximum atomic E-state index is 9.55. The lowest BCUT2D eigenvalue weighted by molar-refractivity contribution is -0.134. The summed E-state index contributed by atoms with van der Waals surface area (Å²) in [5.41, 5.74) is 2.12. The van der Waals surface area contributed by atoms with Crippen LogP contribution in [0, 0.1) is 19.8 Å². The fraction of sp³-hybridized carbons (Fsp3) is 0.348. The van der Waals surface area contributed by atoms with Crippen LogP contribution in [0.25, 0.3) is 0 Å². The number of carboxylic acids is 2. The van der Waals surface area contributed by atoms with Crippen LogP contribution in [0.5, 0.6) is 17.4 Å². The summed E-state index contributed by atoms with van der Waals surface area (Å²) in [4.78, 5) is 23.6.